The van der Waals surface area contributed by atoms with E-state index >= 15 is 0 Å². The smallest absolute Gasteiger partial charge is 0.206 e. The van der Waals surface area contributed by atoms with Crippen molar-refractivity contribution in [1.29, 1.82) is 0 Å². The summed E-state index contributed by atoms with van der Waals surface area (Å²) < 4.78 is 51.4. The molecule has 0 aliphatic heterocycles. The first-order valence-corrected chi connectivity index (χ1v) is 14.4. The van der Waals surface area contributed by atoms with Gasteiger partial charge in [0.05, 0.1) is 34.1 Å². The van der Waals surface area contributed by atoms with E-state index in [1.807, 2.05) is 60.7 Å². The normalized spacial score (nSPS) is 11.8. The summed E-state index contributed by atoms with van der Waals surface area (Å²) in [5.41, 5.74) is 2.18. The average Bonchev–Trinajstić information content (AvgIpc) is 3.63. The first-order chi connectivity index (χ1) is 20.0. The maximum atomic E-state index is 14.0. The van der Waals surface area contributed by atoms with Gasteiger partial charge in [-0.05, 0) is 60.7 Å². The average molecular weight is 571 g/mol. The van der Waals surface area contributed by atoms with Crippen LogP contribution in [0.25, 0.3) is 44.6 Å². The van der Waals surface area contributed by atoms with E-state index in [1.54, 1.807) is 12.1 Å². The Bertz CT molecular complexity index is 1750. The fraction of sp³-hybridized carbons (Fsp3) is 0.125. The van der Waals surface area contributed by atoms with Gasteiger partial charge >= 0.3 is 0 Å². The van der Waals surface area contributed by atoms with Crippen LogP contribution < -0.4 is 9.47 Å². The van der Waals surface area contributed by atoms with Crippen LogP contribution in [0.3, 0.4) is 0 Å². The van der Waals surface area contributed by atoms with Crippen molar-refractivity contribution in [3.8, 4) is 34.1 Å². The summed E-state index contributed by atoms with van der Waals surface area (Å²) >= 11 is 0. The zero-order chi connectivity index (χ0) is 28.4. The van der Waals surface area contributed by atoms with Gasteiger partial charge in [-0.2, -0.15) is 0 Å². The zero-order valence-corrected chi connectivity index (χ0v) is 22.6. The molecule has 0 unspecified atom stereocenters. The first-order valence-electron chi connectivity index (χ1n) is 13.0. The first kappa shape index (κ1) is 26.6. The van der Waals surface area contributed by atoms with Gasteiger partial charge in [-0.15, -0.1) is 0 Å². The van der Waals surface area contributed by atoms with Crippen LogP contribution in [-0.4, -0.2) is 45.1 Å². The van der Waals surface area contributed by atoms with Crippen LogP contribution in [0.5, 0.6) is 11.5 Å². The van der Waals surface area contributed by atoms with Crippen LogP contribution in [0.4, 0.5) is 0 Å². The lowest BCUT2D eigenvalue weighted by atomic mass is 10.1. The van der Waals surface area contributed by atoms with E-state index in [0.29, 0.717) is 45.3 Å². The molecule has 0 saturated heterocycles. The lowest BCUT2D eigenvalue weighted by Gasteiger charge is -2.14. The van der Waals surface area contributed by atoms with Crippen LogP contribution in [-0.2, 0) is 9.84 Å². The Balaban J connectivity index is 1.46. The second-order valence-corrected chi connectivity index (χ2v) is 11.2. The molecule has 41 heavy (non-hydrogen) atoms. The van der Waals surface area contributed by atoms with Gasteiger partial charge in [0.1, 0.15) is 47.4 Å². The third kappa shape index (κ3) is 5.18. The Morgan fingerprint density at radius 3 is 1.44 bits per heavy atom. The number of hydrogen-bond acceptors (Lipinski definition) is 8. The molecule has 0 spiro atoms. The largest absolute Gasteiger partial charge is 0.490 e. The predicted octanol–water partition coefficient (Wildman–Crippen LogP) is 6.09. The van der Waals surface area contributed by atoms with Crippen molar-refractivity contribution < 1.29 is 36.9 Å². The molecule has 0 saturated carbocycles. The van der Waals surface area contributed by atoms with Crippen molar-refractivity contribution in [2.75, 3.05) is 26.4 Å². The van der Waals surface area contributed by atoms with Gasteiger partial charge in [-0.1, -0.05) is 36.4 Å². The third-order valence-electron chi connectivity index (χ3n) is 6.60. The molecule has 0 radical (unpaired) electrons. The fourth-order valence-electron chi connectivity index (χ4n) is 4.67. The van der Waals surface area contributed by atoms with Gasteiger partial charge < -0.3 is 28.5 Å². The second-order valence-electron chi connectivity index (χ2n) is 9.26. The summed E-state index contributed by atoms with van der Waals surface area (Å²) in [5.74, 6) is 1.64. The van der Waals surface area contributed by atoms with Crippen molar-refractivity contribution in [1.82, 2.24) is 0 Å². The number of hydrogen-bond donors (Lipinski definition) is 2. The molecule has 0 atom stereocenters. The standard InChI is InChI=1S/C32H26O8S/c33-13-15-37-29-11-9-23(19-25(29)31-17-21-5-1-3-7-27(21)39-31)41(35,36)24-10-12-30(38-16-14-34)26(20-24)32-18-22-6-2-4-8-28(22)40-32/h1-12,17-20,33-34H,13-16H2. The van der Waals surface area contributed by atoms with E-state index in [4.69, 9.17) is 18.3 Å². The van der Waals surface area contributed by atoms with Crippen molar-refractivity contribution in [3.63, 3.8) is 0 Å². The summed E-state index contributed by atoms with van der Waals surface area (Å²) in [6.07, 6.45) is 0. The SMILES string of the molecule is O=S(=O)(c1ccc(OCCO)c(-c2cc3ccccc3o2)c1)c1ccc(OCCO)c(-c2cc3ccccc3o2)c1. The predicted molar refractivity (Wildman–Crippen MR) is 154 cm³/mol. The maximum Gasteiger partial charge on any atom is 0.206 e. The molecule has 2 heterocycles. The minimum atomic E-state index is -4.03. The summed E-state index contributed by atoms with van der Waals surface area (Å²) in [4.78, 5) is 0.0628. The van der Waals surface area contributed by atoms with Crippen LogP contribution in [0.15, 0.2) is 116 Å². The molecule has 2 aromatic heterocycles. The van der Waals surface area contributed by atoms with Crippen LogP contribution in [0.1, 0.15) is 0 Å². The van der Waals surface area contributed by atoms with Crippen molar-refractivity contribution in [3.05, 3.63) is 97.1 Å². The lowest BCUT2D eigenvalue weighted by Crippen LogP contribution is -2.07. The highest BCUT2D eigenvalue weighted by Gasteiger charge is 2.24. The Morgan fingerprint density at radius 1 is 0.585 bits per heavy atom. The van der Waals surface area contributed by atoms with Crippen LogP contribution in [0.2, 0.25) is 0 Å². The van der Waals surface area contributed by atoms with E-state index in [9.17, 15) is 18.6 Å². The number of rotatable bonds is 10. The van der Waals surface area contributed by atoms with Crippen molar-refractivity contribution >= 4 is 31.8 Å². The van der Waals surface area contributed by atoms with Gasteiger partial charge in [0.15, 0.2) is 0 Å². The number of furan rings is 2. The monoisotopic (exact) mass is 570 g/mol. The highest BCUT2D eigenvalue weighted by atomic mass is 32.2. The van der Waals surface area contributed by atoms with Gasteiger partial charge in [-0.3, -0.25) is 0 Å². The Labute approximate surface area is 235 Å². The third-order valence-corrected chi connectivity index (χ3v) is 8.35. The topological polar surface area (TPSA) is 119 Å². The molecule has 0 aliphatic rings. The molecule has 6 rings (SSSR count). The van der Waals surface area contributed by atoms with Gasteiger partial charge in [0.2, 0.25) is 9.84 Å². The Kier molecular flexibility index (Phi) is 7.23. The summed E-state index contributed by atoms with van der Waals surface area (Å²) in [6.45, 7) is -0.325. The Morgan fingerprint density at radius 2 is 1.02 bits per heavy atom. The highest BCUT2D eigenvalue weighted by molar-refractivity contribution is 7.91. The second kappa shape index (κ2) is 11.1. The molecule has 208 valence electrons. The minimum Gasteiger partial charge on any atom is -0.490 e. The van der Waals surface area contributed by atoms with Gasteiger partial charge in [0.25, 0.3) is 0 Å². The number of benzene rings is 4. The maximum absolute atomic E-state index is 14.0. The number of para-hydroxylation sites is 2. The van der Waals surface area contributed by atoms with E-state index in [2.05, 4.69) is 0 Å². The number of aliphatic hydroxyl groups is 2. The molecule has 4 aromatic carbocycles. The van der Waals surface area contributed by atoms with E-state index in [1.165, 1.54) is 24.3 Å². The molecule has 0 fully saturated rings. The minimum absolute atomic E-state index is 0.0314. The summed E-state index contributed by atoms with van der Waals surface area (Å²) in [5, 5.41) is 20.3. The molecule has 0 amide bonds. The van der Waals surface area contributed by atoms with E-state index in [-0.39, 0.29) is 36.2 Å². The van der Waals surface area contributed by atoms with Gasteiger partial charge in [0, 0.05) is 10.8 Å². The molecule has 2 N–H and O–H groups in total. The van der Waals surface area contributed by atoms with E-state index < -0.39 is 9.84 Å². The van der Waals surface area contributed by atoms with Crippen molar-refractivity contribution in [2.45, 2.75) is 9.79 Å². The highest BCUT2D eigenvalue weighted by Crippen LogP contribution is 2.40. The fourth-order valence-corrected chi connectivity index (χ4v) is 5.98. The van der Waals surface area contributed by atoms with Gasteiger partial charge in [-0.25, -0.2) is 8.42 Å². The molecule has 6 aromatic rings. The molecular formula is C32H26O8S. The molecule has 9 heteroatoms. The number of aliphatic hydroxyl groups excluding tert-OH is 2. The molecule has 8 nitrogen and oxygen atoms in total. The number of ether oxygens (including phenoxy) is 2. The summed E-state index contributed by atoms with van der Waals surface area (Å²) in [7, 11) is -4.03. The lowest BCUT2D eigenvalue weighted by molar-refractivity contribution is 0.201. The molecular weight excluding hydrogens is 544 g/mol. The van der Waals surface area contributed by atoms with Crippen LogP contribution >= 0.6 is 0 Å². The molecule has 0 aliphatic carbocycles. The Hall–Kier alpha value is -4.57. The number of sulfone groups is 1. The molecule has 0 bridgehead atoms. The quantitative estimate of drug-likeness (QED) is 0.203. The van der Waals surface area contributed by atoms with Crippen LogP contribution in [0, 0.1) is 0 Å². The van der Waals surface area contributed by atoms with Crippen molar-refractivity contribution in [2.24, 2.45) is 0 Å². The summed E-state index contributed by atoms with van der Waals surface area (Å²) in [6, 6.07) is 27.6. The number of fused-ring (bicyclic) bond motifs is 2. The van der Waals surface area contributed by atoms with E-state index in [0.717, 1.165) is 10.8 Å². The zero-order valence-electron chi connectivity index (χ0n) is 21.8.